The van der Waals surface area contributed by atoms with E-state index in [0.29, 0.717) is 23.4 Å². The van der Waals surface area contributed by atoms with Crippen LogP contribution >= 0.6 is 0 Å². The van der Waals surface area contributed by atoms with Crippen LogP contribution in [-0.2, 0) is 9.59 Å². The third kappa shape index (κ3) is 7.80. The molecular weight excluding hydrogens is 544 g/mol. The normalized spacial score (nSPS) is 15.1. The van der Waals surface area contributed by atoms with Crippen LogP contribution in [0.5, 0.6) is 0 Å². The van der Waals surface area contributed by atoms with Gasteiger partial charge in [0.2, 0.25) is 11.8 Å². The highest BCUT2D eigenvalue weighted by atomic mass is 16.2. The summed E-state index contributed by atoms with van der Waals surface area (Å²) >= 11 is 0. The van der Waals surface area contributed by atoms with Gasteiger partial charge >= 0.3 is 0 Å². The van der Waals surface area contributed by atoms with Crippen molar-refractivity contribution in [3.05, 3.63) is 46.7 Å². The summed E-state index contributed by atoms with van der Waals surface area (Å²) in [6.07, 6.45) is 9.04. The fourth-order valence-electron chi connectivity index (χ4n) is 5.74. The van der Waals surface area contributed by atoms with Gasteiger partial charge in [0.15, 0.2) is 5.65 Å². The fourth-order valence-corrected chi connectivity index (χ4v) is 5.74. The van der Waals surface area contributed by atoms with Crippen molar-refractivity contribution < 1.29 is 14.4 Å². The maximum atomic E-state index is 14.5. The maximum Gasteiger partial charge on any atom is 0.260 e. The highest BCUT2D eigenvalue weighted by Crippen LogP contribution is 2.32. The van der Waals surface area contributed by atoms with Gasteiger partial charge in [-0.2, -0.15) is 10.2 Å². The van der Waals surface area contributed by atoms with E-state index >= 15 is 0 Å². The Balaban J connectivity index is 1.80. The molecule has 3 aromatic heterocycles. The van der Waals surface area contributed by atoms with Crippen LogP contribution in [-0.4, -0.2) is 65.6 Å². The van der Waals surface area contributed by atoms with E-state index in [1.165, 1.54) is 17.5 Å². The van der Waals surface area contributed by atoms with Crippen molar-refractivity contribution in [3.8, 4) is 0 Å². The van der Waals surface area contributed by atoms with E-state index in [4.69, 9.17) is 5.10 Å². The molecule has 1 unspecified atom stereocenters. The number of amides is 3. The lowest BCUT2D eigenvalue weighted by Gasteiger charge is -2.33. The van der Waals surface area contributed by atoms with Gasteiger partial charge in [-0.15, -0.1) is 0 Å². The second-order valence-electron chi connectivity index (χ2n) is 13.4. The first-order valence-corrected chi connectivity index (χ1v) is 15.5. The monoisotopic (exact) mass is 592 g/mol. The van der Waals surface area contributed by atoms with Crippen molar-refractivity contribution in [3.63, 3.8) is 0 Å². The predicted molar refractivity (Wildman–Crippen MR) is 166 cm³/mol. The second-order valence-corrected chi connectivity index (χ2v) is 13.4. The van der Waals surface area contributed by atoms with E-state index in [1.54, 1.807) is 4.52 Å². The Kier molecular flexibility index (Phi) is 9.92. The molecule has 1 aliphatic carbocycles. The van der Waals surface area contributed by atoms with Crippen LogP contribution in [0.3, 0.4) is 0 Å². The zero-order valence-corrected chi connectivity index (χ0v) is 27.0. The number of carbonyl (C=O) groups excluding carboxylic acids is 3. The summed E-state index contributed by atoms with van der Waals surface area (Å²) in [4.78, 5) is 47.7. The van der Waals surface area contributed by atoms with Crippen molar-refractivity contribution in [1.29, 1.82) is 0 Å². The molecule has 4 rings (SSSR count). The van der Waals surface area contributed by atoms with Crippen molar-refractivity contribution in [2.45, 2.75) is 112 Å². The molecule has 0 aliphatic heterocycles. The van der Waals surface area contributed by atoms with Crippen LogP contribution in [0.4, 0.5) is 0 Å². The van der Waals surface area contributed by atoms with Crippen molar-refractivity contribution in [2.24, 2.45) is 5.92 Å². The van der Waals surface area contributed by atoms with E-state index in [2.05, 4.69) is 20.7 Å². The average molecular weight is 593 g/mol. The highest BCUT2D eigenvalue weighted by Gasteiger charge is 2.37. The third-order valence-corrected chi connectivity index (χ3v) is 7.81. The Morgan fingerprint density at radius 3 is 2.44 bits per heavy atom. The number of aromatic nitrogens is 5. The number of hydrogen-bond acceptors (Lipinski definition) is 6. The van der Waals surface area contributed by atoms with Gasteiger partial charge in [-0.1, -0.05) is 33.1 Å². The Bertz CT molecular complexity index is 1460. The molecular formula is C32H48N8O3. The van der Waals surface area contributed by atoms with Crippen LogP contribution in [0.1, 0.15) is 118 Å². The summed E-state index contributed by atoms with van der Waals surface area (Å²) in [6, 6.07) is 1.14. The van der Waals surface area contributed by atoms with E-state index in [0.717, 1.165) is 37.1 Å². The molecule has 1 aliphatic rings. The van der Waals surface area contributed by atoms with Crippen molar-refractivity contribution in [2.75, 3.05) is 13.1 Å². The zero-order valence-electron chi connectivity index (χ0n) is 27.0. The summed E-state index contributed by atoms with van der Waals surface area (Å²) in [5.41, 5.74) is 3.08. The summed E-state index contributed by atoms with van der Waals surface area (Å²) < 4.78 is 3.60. The first kappa shape index (κ1) is 32.2. The van der Waals surface area contributed by atoms with E-state index in [9.17, 15) is 14.4 Å². The lowest BCUT2D eigenvalue weighted by Crippen LogP contribution is -2.50. The van der Waals surface area contributed by atoms with Crippen molar-refractivity contribution in [1.82, 2.24) is 39.9 Å². The Hall–Kier alpha value is -3.76. The first-order chi connectivity index (χ1) is 20.2. The van der Waals surface area contributed by atoms with Crippen LogP contribution < -0.4 is 10.6 Å². The minimum Gasteiger partial charge on any atom is -0.356 e. The van der Waals surface area contributed by atoms with Gasteiger partial charge in [-0.25, -0.2) is 9.50 Å². The van der Waals surface area contributed by atoms with Crippen LogP contribution in [0, 0.1) is 26.7 Å². The number of nitrogens with one attached hydrogen (secondary N) is 2. The number of hydrogen-bond donors (Lipinski definition) is 2. The largest absolute Gasteiger partial charge is 0.356 e. The molecule has 1 atom stereocenters. The fraction of sp³-hybridized carbons (Fsp3) is 0.625. The van der Waals surface area contributed by atoms with Crippen LogP contribution in [0.25, 0.3) is 5.65 Å². The molecule has 234 valence electrons. The summed E-state index contributed by atoms with van der Waals surface area (Å²) in [5, 5.41) is 15.3. The Morgan fingerprint density at radius 1 is 1.09 bits per heavy atom. The van der Waals surface area contributed by atoms with E-state index in [-0.39, 0.29) is 42.3 Å². The smallest absolute Gasteiger partial charge is 0.260 e. The summed E-state index contributed by atoms with van der Waals surface area (Å²) in [6.45, 7) is 16.0. The van der Waals surface area contributed by atoms with E-state index in [1.807, 2.05) is 72.3 Å². The molecule has 3 heterocycles. The minimum atomic E-state index is -1.01. The number of carbonyl (C=O) groups is 3. The van der Waals surface area contributed by atoms with Gasteiger partial charge in [0.25, 0.3) is 5.91 Å². The van der Waals surface area contributed by atoms with Gasteiger partial charge in [0, 0.05) is 48.2 Å². The van der Waals surface area contributed by atoms with Gasteiger partial charge in [-0.05, 0) is 66.4 Å². The maximum absolute atomic E-state index is 14.5. The SMILES string of the molecule is Cc1cc(C)n2ncc(C(=O)N(CCC(=O)NCC(C)C)C(C(=O)NC(C)(C)C)c3cn(C4CCCCC4)nc3C)c2n1. The molecule has 11 heteroatoms. The van der Waals surface area contributed by atoms with Crippen LogP contribution in [0.15, 0.2) is 18.5 Å². The van der Waals surface area contributed by atoms with Crippen molar-refractivity contribution >= 4 is 23.4 Å². The molecule has 0 saturated heterocycles. The van der Waals surface area contributed by atoms with Gasteiger partial charge in [0.1, 0.15) is 11.6 Å². The lowest BCUT2D eigenvalue weighted by molar-refractivity contribution is -0.128. The topological polar surface area (TPSA) is 127 Å². The second kappa shape index (κ2) is 13.3. The number of fused-ring (bicyclic) bond motifs is 1. The third-order valence-electron chi connectivity index (χ3n) is 7.81. The quantitative estimate of drug-likeness (QED) is 0.354. The molecule has 0 radical (unpaired) electrons. The van der Waals surface area contributed by atoms with Crippen LogP contribution in [0.2, 0.25) is 0 Å². The number of aryl methyl sites for hydroxylation is 3. The lowest BCUT2D eigenvalue weighted by atomic mass is 9.95. The molecule has 1 saturated carbocycles. The number of nitrogens with zero attached hydrogens (tertiary/aromatic N) is 6. The summed E-state index contributed by atoms with van der Waals surface area (Å²) in [5.74, 6) is -0.632. The molecule has 1 fully saturated rings. The Labute approximate surface area is 254 Å². The average Bonchev–Trinajstić information content (AvgIpc) is 3.52. The minimum absolute atomic E-state index is 0.0289. The highest BCUT2D eigenvalue weighted by molar-refractivity contribution is 6.02. The van der Waals surface area contributed by atoms with Gasteiger partial charge in [-0.3, -0.25) is 19.1 Å². The molecule has 3 amide bonds. The predicted octanol–water partition coefficient (Wildman–Crippen LogP) is 4.62. The van der Waals surface area contributed by atoms with Gasteiger partial charge < -0.3 is 15.5 Å². The van der Waals surface area contributed by atoms with E-state index < -0.39 is 17.5 Å². The first-order valence-electron chi connectivity index (χ1n) is 15.5. The summed E-state index contributed by atoms with van der Waals surface area (Å²) in [7, 11) is 0. The molecule has 2 N–H and O–H groups in total. The zero-order chi connectivity index (χ0) is 31.5. The molecule has 0 spiro atoms. The standard InChI is InChI=1S/C32H48N8O3/c1-20(2)17-33-27(41)14-15-38(31(43)25-18-34-40-22(4)16-21(3)35-29(25)40)28(30(42)36-32(6,7)8)26-19-39(37-23(26)5)24-12-10-9-11-13-24/h16,18-20,24,28H,9-15,17H2,1-8H3,(H,33,41)(H,36,42). The molecule has 0 bridgehead atoms. The molecule has 11 nitrogen and oxygen atoms in total. The molecule has 43 heavy (non-hydrogen) atoms. The molecule has 3 aromatic rings. The van der Waals surface area contributed by atoms with Gasteiger partial charge in [0.05, 0.1) is 17.9 Å². The Morgan fingerprint density at radius 2 is 1.79 bits per heavy atom. The number of rotatable bonds is 10. The molecule has 0 aromatic carbocycles.